The maximum absolute atomic E-state index is 13.8. The average Bonchev–Trinajstić information content (AvgIpc) is 1.83. The van der Waals surface area contributed by atoms with Gasteiger partial charge in [0.2, 0.25) is 0 Å². The number of fused-ring (bicyclic) bond motifs is 5. The summed E-state index contributed by atoms with van der Waals surface area (Å²) in [5, 5.41) is 85.7. The largest absolute Gasteiger partial charge is 0.454 e. The number of rotatable bonds is 18. The van der Waals surface area contributed by atoms with Crippen molar-refractivity contribution in [2.45, 2.75) is 267 Å². The number of esters is 1. The van der Waals surface area contributed by atoms with Gasteiger partial charge in [0.15, 0.2) is 37.6 Å². The van der Waals surface area contributed by atoms with E-state index in [2.05, 4.69) is 19.9 Å². The Balaban J connectivity index is 0.792. The Bertz CT molecular complexity index is 2250. The van der Waals surface area contributed by atoms with Crippen LogP contribution < -0.4 is 0 Å². The lowest BCUT2D eigenvalue weighted by atomic mass is 9.47. The number of methoxy groups -OCH3 is 3. The molecule has 8 N–H and O–H groups in total. The summed E-state index contributed by atoms with van der Waals surface area (Å²) < 4.78 is 85.9. The van der Waals surface area contributed by atoms with E-state index in [1.807, 2.05) is 34.6 Å². The number of allylic oxidation sites excluding steroid dienone is 2. The highest BCUT2D eigenvalue weighted by atomic mass is 16.8. The van der Waals surface area contributed by atoms with E-state index in [9.17, 15) is 50.4 Å². The van der Waals surface area contributed by atoms with Crippen molar-refractivity contribution in [3.63, 3.8) is 0 Å². The zero-order valence-corrected chi connectivity index (χ0v) is 49.8. The summed E-state index contributed by atoms with van der Waals surface area (Å²) in [5.41, 5.74) is 1.49. The zero-order valence-electron chi connectivity index (χ0n) is 49.8. The standard InChI is InChI=1S/C59H94O24/c1-25(2)18-40(62)81-51-27(4)74-41(21-36(51)70-9)82-52-28(5)75-42(22-37(52)71-10)83-53-29(6)76-57(50(69)54(53)72-11)77-31-14-16-58(7)30(19-31)12-13-32-33(58)15-17-59(8)34(32)20-35(43(59)26(3)61)78-56-49(68)47(66)45(64)39(80-56)24-73-55-48(67)46(65)44(63)38(23-60)79-55/h12,18,27-29,31-39,41-57,60,63-69H,13-17,19-24H2,1-11H3/t27-,28-,29-,31+,32?,33?,34?,35-,36-,37+,38-,39-,41+,42+,43+,44-,45-,46+,47+,48-,49-,50-,51-,52-,53-,54-,55-,56-,57+,58+,59+/m1/s1. The Morgan fingerprint density at radius 1 is 0.614 bits per heavy atom. The van der Waals surface area contributed by atoms with E-state index in [1.165, 1.54) is 18.8 Å². The second-order valence-corrected chi connectivity index (χ2v) is 25.6. The van der Waals surface area contributed by atoms with Crippen LogP contribution in [0.5, 0.6) is 0 Å². The molecule has 8 fully saturated rings. The minimum Gasteiger partial charge on any atom is -0.454 e. The third kappa shape index (κ3) is 13.1. The molecule has 24 heteroatoms. The summed E-state index contributed by atoms with van der Waals surface area (Å²) in [4.78, 5) is 26.2. The Hall–Kier alpha value is -2.22. The monoisotopic (exact) mass is 1190 g/mol. The SMILES string of the molecule is CO[C@@H]1[C@@H](O)[C@H](O[C@H]2CC[C@@]3(C)C(=CCC4C3CC[C@@]3(C)C4C[C@@H](O[C@@H]4O[C@H](CO[C@@H]5O[C@H](CO)[C@@H](O)[C@H](O)[C@H]5O)[C@@H](O)[C@H](O)[C@H]4O)[C@@H]3C(C)=O)C2)O[C@H](C)[C@H]1O[C@H]1C[C@H](OC)[C@H](O[C@H]2C[C@@H](OC)[C@H](OC(=O)C=C(C)C)[C@@H](C)O2)[C@@H](C)O1. The third-order valence-corrected chi connectivity index (χ3v) is 20.2. The first-order chi connectivity index (χ1) is 39.3. The molecule has 9 aliphatic rings. The van der Waals surface area contributed by atoms with E-state index < -0.39 is 178 Å². The molecule has 0 aromatic carbocycles. The van der Waals surface area contributed by atoms with E-state index in [0.717, 1.165) is 31.3 Å². The highest BCUT2D eigenvalue weighted by molar-refractivity contribution is 5.82. The highest BCUT2D eigenvalue weighted by Crippen LogP contribution is 2.67. The molecule has 3 saturated carbocycles. The molecule has 5 heterocycles. The van der Waals surface area contributed by atoms with Crippen LogP contribution in [-0.2, 0) is 75.9 Å². The minimum absolute atomic E-state index is 0.0576. The van der Waals surface area contributed by atoms with Gasteiger partial charge in [-0.3, -0.25) is 4.79 Å². The summed E-state index contributed by atoms with van der Waals surface area (Å²) in [5.74, 6) is -0.538. The van der Waals surface area contributed by atoms with Gasteiger partial charge in [-0.2, -0.15) is 0 Å². The van der Waals surface area contributed by atoms with E-state index in [4.69, 9.17) is 66.3 Å². The molecular weight excluding hydrogens is 1090 g/mol. The smallest absolute Gasteiger partial charge is 0.331 e. The minimum atomic E-state index is -1.74. The normalized spacial score (nSPS) is 50.1. The van der Waals surface area contributed by atoms with E-state index in [-0.39, 0.29) is 41.5 Å². The molecule has 3 unspecified atom stereocenters. The number of carbonyl (C=O) groups excluding carboxylic acids is 2. The maximum atomic E-state index is 13.8. The van der Waals surface area contributed by atoms with Crippen LogP contribution in [0.15, 0.2) is 23.3 Å². The molecular formula is C59H94O24. The fourth-order valence-electron chi connectivity index (χ4n) is 15.8. The fraction of sp³-hybridized carbons (Fsp3) is 0.898. The maximum Gasteiger partial charge on any atom is 0.331 e. The fourth-order valence-corrected chi connectivity index (χ4v) is 15.8. The number of ether oxygens (including phenoxy) is 14. The molecule has 5 aliphatic heterocycles. The molecule has 24 nitrogen and oxygen atoms in total. The van der Waals surface area contributed by atoms with Gasteiger partial charge in [-0.15, -0.1) is 0 Å². The summed E-state index contributed by atoms with van der Waals surface area (Å²) in [6.45, 7) is 14.0. The second-order valence-electron chi connectivity index (χ2n) is 25.6. The number of Topliss-reactive ketones (excluding diaryl/α,β-unsaturated/α-hetero) is 1. The molecule has 31 atom stereocenters. The van der Waals surface area contributed by atoms with Crippen LogP contribution in [0.25, 0.3) is 0 Å². The van der Waals surface area contributed by atoms with Crippen molar-refractivity contribution in [2.24, 2.45) is 34.5 Å². The second kappa shape index (κ2) is 26.9. The lowest BCUT2D eigenvalue weighted by Crippen LogP contribution is -2.62. The molecule has 0 radical (unpaired) electrons. The van der Waals surface area contributed by atoms with Crippen molar-refractivity contribution in [3.8, 4) is 0 Å². The molecule has 4 aliphatic carbocycles. The van der Waals surface area contributed by atoms with Gasteiger partial charge in [-0.1, -0.05) is 31.1 Å². The van der Waals surface area contributed by atoms with Crippen molar-refractivity contribution in [1.29, 1.82) is 0 Å². The molecule has 474 valence electrons. The number of aliphatic hydroxyl groups is 8. The zero-order chi connectivity index (χ0) is 60.1. The molecule has 0 aromatic heterocycles. The predicted molar refractivity (Wildman–Crippen MR) is 287 cm³/mol. The summed E-state index contributed by atoms with van der Waals surface area (Å²) >= 11 is 0. The quantitative estimate of drug-likeness (QED) is 0.0544. The number of carbonyl (C=O) groups is 2. The summed E-state index contributed by atoms with van der Waals surface area (Å²) in [6.07, 6.45) is -16.2. The van der Waals surface area contributed by atoms with Crippen LogP contribution in [0, 0.1) is 34.5 Å². The van der Waals surface area contributed by atoms with Gasteiger partial charge in [0.25, 0.3) is 0 Å². The van der Waals surface area contributed by atoms with Crippen molar-refractivity contribution >= 4 is 11.8 Å². The highest BCUT2D eigenvalue weighted by Gasteiger charge is 2.64. The van der Waals surface area contributed by atoms with Gasteiger partial charge in [-0.05, 0) is 115 Å². The van der Waals surface area contributed by atoms with E-state index >= 15 is 0 Å². The molecule has 0 spiro atoms. The van der Waals surface area contributed by atoms with Crippen molar-refractivity contribution in [1.82, 2.24) is 0 Å². The van der Waals surface area contributed by atoms with Gasteiger partial charge in [0.05, 0.1) is 49.8 Å². The van der Waals surface area contributed by atoms with E-state index in [0.29, 0.717) is 25.7 Å². The first-order valence-corrected chi connectivity index (χ1v) is 29.9. The lowest BCUT2D eigenvalue weighted by Gasteiger charge is -2.58. The van der Waals surface area contributed by atoms with Crippen molar-refractivity contribution < 1.29 is 117 Å². The molecule has 0 bridgehead atoms. The Labute approximate surface area is 486 Å². The van der Waals surface area contributed by atoms with Gasteiger partial charge < -0.3 is 107 Å². The van der Waals surface area contributed by atoms with Gasteiger partial charge >= 0.3 is 5.97 Å². The molecule has 9 rings (SSSR count). The van der Waals surface area contributed by atoms with Gasteiger partial charge in [0, 0.05) is 46.2 Å². The van der Waals surface area contributed by atoms with Crippen molar-refractivity contribution in [2.75, 3.05) is 34.5 Å². The predicted octanol–water partition coefficient (Wildman–Crippen LogP) is 1.23. The lowest BCUT2D eigenvalue weighted by molar-refractivity contribution is -0.353. The third-order valence-electron chi connectivity index (χ3n) is 20.2. The van der Waals surface area contributed by atoms with Gasteiger partial charge in [-0.25, -0.2) is 4.79 Å². The van der Waals surface area contributed by atoms with Crippen LogP contribution in [0.1, 0.15) is 113 Å². The summed E-state index contributed by atoms with van der Waals surface area (Å²) in [6, 6.07) is 0. The first-order valence-electron chi connectivity index (χ1n) is 29.9. The van der Waals surface area contributed by atoms with Crippen LogP contribution in [0.3, 0.4) is 0 Å². The first kappa shape index (κ1) is 65.2. The summed E-state index contributed by atoms with van der Waals surface area (Å²) in [7, 11) is 4.68. The average molecular weight is 1190 g/mol. The number of ketones is 1. The number of hydrogen-bond acceptors (Lipinski definition) is 24. The number of aliphatic hydroxyl groups excluding tert-OH is 8. The van der Waals surface area contributed by atoms with Crippen molar-refractivity contribution in [3.05, 3.63) is 23.3 Å². The van der Waals surface area contributed by atoms with Crippen LogP contribution in [-0.4, -0.2) is 241 Å². The van der Waals surface area contributed by atoms with Crippen LogP contribution >= 0.6 is 0 Å². The van der Waals surface area contributed by atoms with Gasteiger partial charge in [0.1, 0.15) is 85.1 Å². The number of hydrogen-bond donors (Lipinski definition) is 8. The molecule has 0 aromatic rings. The topological polar surface area (TPSA) is 325 Å². The molecule has 5 saturated heterocycles. The Kier molecular flexibility index (Phi) is 21.1. The molecule has 0 amide bonds. The molecule has 83 heavy (non-hydrogen) atoms. The van der Waals surface area contributed by atoms with Crippen LogP contribution in [0.4, 0.5) is 0 Å². The Morgan fingerprint density at radius 3 is 1.83 bits per heavy atom. The Morgan fingerprint density at radius 2 is 1.20 bits per heavy atom. The van der Waals surface area contributed by atoms with E-state index in [1.54, 1.807) is 21.1 Å². The van der Waals surface area contributed by atoms with Crippen LogP contribution in [0.2, 0.25) is 0 Å².